The Kier molecular flexibility index (Phi) is 5.30. The van der Waals surface area contributed by atoms with Crippen LogP contribution in [0.3, 0.4) is 0 Å². The molecule has 0 bridgehead atoms. The van der Waals surface area contributed by atoms with Crippen molar-refractivity contribution in [3.63, 3.8) is 0 Å². The van der Waals surface area contributed by atoms with Crippen molar-refractivity contribution in [3.8, 4) is 17.1 Å². The van der Waals surface area contributed by atoms with E-state index in [-0.39, 0.29) is 17.5 Å². The number of hydrogen-bond acceptors (Lipinski definition) is 3. The fourth-order valence-corrected chi connectivity index (χ4v) is 3.45. The summed E-state index contributed by atoms with van der Waals surface area (Å²) in [5.74, 6) is 0.453. The van der Waals surface area contributed by atoms with Gasteiger partial charge in [0.05, 0.1) is 5.02 Å². The molecule has 7 heteroatoms. The molecule has 1 aliphatic heterocycles. The number of aryl methyl sites for hydroxylation is 1. The summed E-state index contributed by atoms with van der Waals surface area (Å²) in [7, 11) is 0. The Morgan fingerprint density at radius 3 is 2.82 bits per heavy atom. The number of carbonyl (C=O) groups excluding carboxylic acids is 1. The predicted octanol–water partition coefficient (Wildman–Crippen LogP) is 4.70. The van der Waals surface area contributed by atoms with Crippen LogP contribution in [0.15, 0.2) is 48.7 Å². The molecule has 1 N–H and O–H groups in total. The number of carbonyl (C=O) groups is 1. The first-order valence-electron chi connectivity index (χ1n) is 9.13. The summed E-state index contributed by atoms with van der Waals surface area (Å²) in [5.41, 5.74) is 2.96. The zero-order valence-electron chi connectivity index (χ0n) is 15.1. The molecule has 4 rings (SSSR count). The maximum absolute atomic E-state index is 13.1. The number of benzene rings is 2. The summed E-state index contributed by atoms with van der Waals surface area (Å²) in [5, 5.41) is 2.73. The lowest BCUT2D eigenvalue weighted by atomic mass is 10.1. The van der Waals surface area contributed by atoms with Gasteiger partial charge in [0.25, 0.3) is 5.91 Å². The lowest BCUT2D eigenvalue weighted by Gasteiger charge is -2.16. The third-order valence-electron chi connectivity index (χ3n) is 4.69. The standard InChI is InChI=1S/C21H19ClFN3O2/c22-18-11-17(8-9-19(18)23)28-13-20(27)25-15-6-4-14(5-7-15)21-24-12-16-3-1-2-10-26(16)21/h4-9,11-12H,1-3,10,13H2,(H,25,27). The fourth-order valence-electron chi connectivity index (χ4n) is 3.28. The molecule has 144 valence electrons. The average Bonchev–Trinajstić information content (AvgIpc) is 3.14. The van der Waals surface area contributed by atoms with E-state index >= 15 is 0 Å². The summed E-state index contributed by atoms with van der Waals surface area (Å²) in [6.45, 7) is 0.797. The van der Waals surface area contributed by atoms with Gasteiger partial charge in [-0.25, -0.2) is 9.37 Å². The number of halogens is 2. The van der Waals surface area contributed by atoms with Gasteiger partial charge in [-0.05, 0) is 55.7 Å². The summed E-state index contributed by atoms with van der Waals surface area (Å²) < 4.78 is 20.7. The third-order valence-corrected chi connectivity index (χ3v) is 4.98. The van der Waals surface area contributed by atoms with Gasteiger partial charge in [0, 0.05) is 35.8 Å². The Morgan fingerprint density at radius 1 is 1.21 bits per heavy atom. The van der Waals surface area contributed by atoms with Gasteiger partial charge in [-0.3, -0.25) is 4.79 Å². The van der Waals surface area contributed by atoms with Gasteiger partial charge in [-0.1, -0.05) is 11.6 Å². The van der Waals surface area contributed by atoms with Crippen LogP contribution in [0.5, 0.6) is 5.75 Å². The van der Waals surface area contributed by atoms with Gasteiger partial charge < -0.3 is 14.6 Å². The smallest absolute Gasteiger partial charge is 0.262 e. The molecule has 0 spiro atoms. The van der Waals surface area contributed by atoms with Crippen LogP contribution in [-0.4, -0.2) is 22.1 Å². The highest BCUT2D eigenvalue weighted by Gasteiger charge is 2.15. The van der Waals surface area contributed by atoms with Crippen LogP contribution < -0.4 is 10.1 Å². The molecular formula is C21H19ClFN3O2. The molecule has 1 aliphatic rings. The van der Waals surface area contributed by atoms with E-state index in [4.69, 9.17) is 16.3 Å². The summed E-state index contributed by atoms with van der Waals surface area (Å²) in [6.07, 6.45) is 5.40. The number of rotatable bonds is 5. The van der Waals surface area contributed by atoms with E-state index in [1.54, 1.807) is 0 Å². The van der Waals surface area contributed by atoms with Gasteiger partial charge in [0.2, 0.25) is 0 Å². The maximum Gasteiger partial charge on any atom is 0.262 e. The highest BCUT2D eigenvalue weighted by molar-refractivity contribution is 6.30. The third kappa shape index (κ3) is 4.02. The van der Waals surface area contributed by atoms with E-state index in [1.165, 1.54) is 36.7 Å². The molecule has 0 saturated heterocycles. The molecule has 1 aromatic heterocycles. The molecule has 0 aliphatic carbocycles. The number of fused-ring (bicyclic) bond motifs is 1. The van der Waals surface area contributed by atoms with Crippen molar-refractivity contribution in [1.82, 2.24) is 9.55 Å². The zero-order chi connectivity index (χ0) is 19.5. The van der Waals surface area contributed by atoms with Crippen molar-refractivity contribution in [1.29, 1.82) is 0 Å². The largest absolute Gasteiger partial charge is 0.484 e. The first-order valence-corrected chi connectivity index (χ1v) is 9.50. The highest BCUT2D eigenvalue weighted by atomic mass is 35.5. The summed E-state index contributed by atoms with van der Waals surface area (Å²) in [6, 6.07) is 11.5. The van der Waals surface area contributed by atoms with Crippen molar-refractivity contribution in [2.75, 3.05) is 11.9 Å². The van der Waals surface area contributed by atoms with E-state index in [9.17, 15) is 9.18 Å². The Bertz CT molecular complexity index is 1000. The second-order valence-corrected chi connectivity index (χ2v) is 7.08. The van der Waals surface area contributed by atoms with Crippen molar-refractivity contribution >= 4 is 23.2 Å². The Morgan fingerprint density at radius 2 is 2.04 bits per heavy atom. The van der Waals surface area contributed by atoms with Crippen molar-refractivity contribution in [2.45, 2.75) is 25.8 Å². The molecule has 0 radical (unpaired) electrons. The number of ether oxygens (including phenoxy) is 1. The number of hydrogen-bond donors (Lipinski definition) is 1. The van der Waals surface area contributed by atoms with Gasteiger partial charge >= 0.3 is 0 Å². The van der Waals surface area contributed by atoms with Crippen molar-refractivity contribution in [2.24, 2.45) is 0 Å². The van der Waals surface area contributed by atoms with Crippen LogP contribution in [0.25, 0.3) is 11.4 Å². The number of nitrogens with zero attached hydrogens (tertiary/aromatic N) is 2. The SMILES string of the molecule is O=C(COc1ccc(F)c(Cl)c1)Nc1ccc(-c2ncc3n2CCCC3)cc1. The van der Waals surface area contributed by atoms with Crippen LogP contribution in [0.1, 0.15) is 18.5 Å². The number of aromatic nitrogens is 2. The van der Waals surface area contributed by atoms with Gasteiger partial charge in [-0.2, -0.15) is 0 Å². The quantitative estimate of drug-likeness (QED) is 0.676. The lowest BCUT2D eigenvalue weighted by Crippen LogP contribution is -2.20. The van der Waals surface area contributed by atoms with Crippen LogP contribution >= 0.6 is 11.6 Å². The predicted molar refractivity (Wildman–Crippen MR) is 106 cm³/mol. The van der Waals surface area contributed by atoms with Crippen LogP contribution in [0.2, 0.25) is 5.02 Å². The highest BCUT2D eigenvalue weighted by Crippen LogP contribution is 2.26. The summed E-state index contributed by atoms with van der Waals surface area (Å²) >= 11 is 5.70. The van der Waals surface area contributed by atoms with Crippen LogP contribution in [-0.2, 0) is 17.8 Å². The molecule has 0 saturated carbocycles. The fraction of sp³-hybridized carbons (Fsp3) is 0.238. The Hall–Kier alpha value is -2.86. The topological polar surface area (TPSA) is 56.1 Å². The minimum atomic E-state index is -0.530. The number of amides is 1. The molecule has 0 atom stereocenters. The van der Waals surface area contributed by atoms with Gasteiger partial charge in [-0.15, -0.1) is 0 Å². The van der Waals surface area contributed by atoms with E-state index in [0.29, 0.717) is 11.4 Å². The second-order valence-electron chi connectivity index (χ2n) is 6.67. The van der Waals surface area contributed by atoms with Gasteiger partial charge in [0.1, 0.15) is 17.4 Å². The first-order chi connectivity index (χ1) is 13.6. The normalized spacial score (nSPS) is 13.1. The molecule has 1 amide bonds. The average molecular weight is 400 g/mol. The first kappa shape index (κ1) is 18.5. The Labute approximate surface area is 167 Å². The van der Waals surface area contributed by atoms with E-state index in [0.717, 1.165) is 24.4 Å². The molecule has 0 unspecified atom stereocenters. The van der Waals surface area contributed by atoms with Crippen molar-refractivity contribution in [3.05, 3.63) is 65.2 Å². The number of anilines is 1. The van der Waals surface area contributed by atoms with E-state index < -0.39 is 5.82 Å². The number of imidazole rings is 1. The van der Waals surface area contributed by atoms with E-state index in [2.05, 4.69) is 14.9 Å². The molecule has 2 aromatic carbocycles. The monoisotopic (exact) mass is 399 g/mol. The van der Waals surface area contributed by atoms with Crippen LogP contribution in [0, 0.1) is 5.82 Å². The molecule has 3 aromatic rings. The minimum absolute atomic E-state index is 0.0466. The zero-order valence-corrected chi connectivity index (χ0v) is 15.9. The minimum Gasteiger partial charge on any atom is -0.484 e. The lowest BCUT2D eigenvalue weighted by molar-refractivity contribution is -0.118. The Balaban J connectivity index is 1.37. The molecule has 5 nitrogen and oxygen atoms in total. The molecule has 2 heterocycles. The molecule has 28 heavy (non-hydrogen) atoms. The maximum atomic E-state index is 13.1. The van der Waals surface area contributed by atoms with Crippen LogP contribution in [0.4, 0.5) is 10.1 Å². The number of nitrogens with one attached hydrogen (secondary N) is 1. The molecule has 0 fully saturated rings. The summed E-state index contributed by atoms with van der Waals surface area (Å²) in [4.78, 5) is 16.6. The molecular weight excluding hydrogens is 381 g/mol. The van der Waals surface area contributed by atoms with Crippen molar-refractivity contribution < 1.29 is 13.9 Å². The van der Waals surface area contributed by atoms with E-state index in [1.807, 2.05) is 30.5 Å². The van der Waals surface area contributed by atoms with Gasteiger partial charge in [0.15, 0.2) is 6.61 Å². The second kappa shape index (κ2) is 8.02.